The van der Waals surface area contributed by atoms with Crippen molar-refractivity contribution in [3.8, 4) is 6.07 Å². The molecule has 0 aliphatic carbocycles. The average molecular weight is 275 g/mol. The third-order valence-electron chi connectivity index (χ3n) is 2.82. The van der Waals surface area contributed by atoms with E-state index in [0.717, 1.165) is 6.07 Å². The maximum Gasteiger partial charge on any atom is 0.195 e. The predicted octanol–water partition coefficient (Wildman–Crippen LogP) is 3.59. The molecule has 0 saturated heterocycles. The van der Waals surface area contributed by atoms with Crippen molar-refractivity contribution >= 4 is 5.78 Å². The number of ketones is 1. The van der Waals surface area contributed by atoms with E-state index in [4.69, 9.17) is 5.26 Å². The molecule has 0 N–H and O–H groups in total. The molecule has 0 bridgehead atoms. The van der Waals surface area contributed by atoms with Crippen LogP contribution in [0.15, 0.2) is 42.5 Å². The Labute approximate surface area is 113 Å². The molecule has 100 valence electrons. The zero-order valence-corrected chi connectivity index (χ0v) is 10.1. The Morgan fingerprint density at radius 3 is 2.25 bits per heavy atom. The van der Waals surface area contributed by atoms with E-state index in [1.165, 1.54) is 12.1 Å². The van der Waals surface area contributed by atoms with Crippen LogP contribution in [-0.2, 0) is 0 Å². The Kier molecular flexibility index (Phi) is 3.85. The molecule has 2 rings (SSSR count). The number of carbonyl (C=O) groups excluding carboxylic acids is 1. The van der Waals surface area contributed by atoms with Gasteiger partial charge >= 0.3 is 0 Å². The molecule has 5 heteroatoms. The van der Waals surface area contributed by atoms with E-state index in [9.17, 15) is 18.0 Å². The van der Waals surface area contributed by atoms with Crippen LogP contribution in [0.4, 0.5) is 13.2 Å². The molecule has 0 aliphatic heterocycles. The number of halogens is 3. The lowest BCUT2D eigenvalue weighted by Crippen LogP contribution is -2.14. The van der Waals surface area contributed by atoms with Gasteiger partial charge in [-0.15, -0.1) is 0 Å². The average Bonchev–Trinajstić information content (AvgIpc) is 2.47. The van der Waals surface area contributed by atoms with Gasteiger partial charge < -0.3 is 0 Å². The Morgan fingerprint density at radius 2 is 1.65 bits per heavy atom. The van der Waals surface area contributed by atoms with Crippen LogP contribution in [0.3, 0.4) is 0 Å². The summed E-state index contributed by atoms with van der Waals surface area (Å²) in [5.41, 5.74) is -0.275. The standard InChI is InChI=1S/C15H8F3NO/c16-12-7-6-10(13(17)14(12)18)15(20)11(8-19)9-4-2-1-3-5-9/h1-7,11H. The maximum absolute atomic E-state index is 13.6. The summed E-state index contributed by atoms with van der Waals surface area (Å²) in [5, 5.41) is 9.06. The quantitative estimate of drug-likeness (QED) is 0.634. The first-order valence-electron chi connectivity index (χ1n) is 5.68. The highest BCUT2D eigenvalue weighted by atomic mass is 19.2. The second-order valence-electron chi connectivity index (χ2n) is 4.06. The van der Waals surface area contributed by atoms with Crippen molar-refractivity contribution in [2.75, 3.05) is 0 Å². The summed E-state index contributed by atoms with van der Waals surface area (Å²) in [6.45, 7) is 0. The van der Waals surface area contributed by atoms with Crippen LogP contribution < -0.4 is 0 Å². The molecule has 2 aromatic carbocycles. The van der Waals surface area contributed by atoms with Crippen LogP contribution in [0.1, 0.15) is 21.8 Å². The molecule has 0 spiro atoms. The minimum atomic E-state index is -1.72. The molecular weight excluding hydrogens is 267 g/mol. The SMILES string of the molecule is N#CC(C(=O)c1ccc(F)c(F)c1F)c1ccccc1. The zero-order valence-electron chi connectivity index (χ0n) is 10.1. The van der Waals surface area contributed by atoms with Crippen molar-refractivity contribution in [2.45, 2.75) is 5.92 Å². The summed E-state index contributed by atoms with van der Waals surface area (Å²) in [7, 11) is 0. The fourth-order valence-electron chi connectivity index (χ4n) is 1.80. The summed E-state index contributed by atoms with van der Waals surface area (Å²) < 4.78 is 39.6. The van der Waals surface area contributed by atoms with E-state index in [1.54, 1.807) is 24.3 Å². The molecule has 2 aromatic rings. The van der Waals surface area contributed by atoms with Crippen LogP contribution in [0.5, 0.6) is 0 Å². The van der Waals surface area contributed by atoms with Gasteiger partial charge in [0.05, 0.1) is 11.6 Å². The molecule has 0 saturated carbocycles. The molecule has 2 nitrogen and oxygen atoms in total. The molecule has 0 aliphatic rings. The second kappa shape index (κ2) is 5.57. The number of Topliss-reactive ketones (excluding diaryl/α,β-unsaturated/α-hetero) is 1. The van der Waals surface area contributed by atoms with Crippen LogP contribution in [0.2, 0.25) is 0 Å². The molecule has 0 fully saturated rings. The van der Waals surface area contributed by atoms with Crippen molar-refractivity contribution < 1.29 is 18.0 Å². The van der Waals surface area contributed by atoms with E-state index in [0.29, 0.717) is 11.6 Å². The summed E-state index contributed by atoms with van der Waals surface area (Å²) in [4.78, 5) is 12.1. The minimum Gasteiger partial charge on any atom is -0.292 e. The van der Waals surface area contributed by atoms with Crippen molar-refractivity contribution in [1.82, 2.24) is 0 Å². The van der Waals surface area contributed by atoms with Gasteiger partial charge in [0, 0.05) is 0 Å². The van der Waals surface area contributed by atoms with Gasteiger partial charge in [0.25, 0.3) is 0 Å². The topological polar surface area (TPSA) is 40.9 Å². The Balaban J connectivity index is 2.46. The largest absolute Gasteiger partial charge is 0.292 e. The van der Waals surface area contributed by atoms with Crippen LogP contribution >= 0.6 is 0 Å². The smallest absolute Gasteiger partial charge is 0.195 e. The zero-order chi connectivity index (χ0) is 14.7. The molecular formula is C15H8F3NO. The molecule has 0 heterocycles. The Morgan fingerprint density at radius 1 is 1.00 bits per heavy atom. The first kappa shape index (κ1) is 13.8. The summed E-state index contributed by atoms with van der Waals surface area (Å²) in [6.07, 6.45) is 0. The van der Waals surface area contributed by atoms with Gasteiger partial charge in [-0.2, -0.15) is 5.26 Å². The number of hydrogen-bond donors (Lipinski definition) is 0. The lowest BCUT2D eigenvalue weighted by atomic mass is 9.91. The van der Waals surface area contributed by atoms with Gasteiger partial charge in [0.15, 0.2) is 23.2 Å². The van der Waals surface area contributed by atoms with Crippen molar-refractivity contribution in [3.05, 3.63) is 71.0 Å². The number of nitrogens with zero attached hydrogens (tertiary/aromatic N) is 1. The summed E-state index contributed by atoms with van der Waals surface area (Å²) in [5.74, 6) is -6.86. The van der Waals surface area contributed by atoms with E-state index in [2.05, 4.69) is 0 Å². The fourth-order valence-corrected chi connectivity index (χ4v) is 1.80. The third-order valence-corrected chi connectivity index (χ3v) is 2.82. The lowest BCUT2D eigenvalue weighted by molar-refractivity contribution is 0.0973. The second-order valence-corrected chi connectivity index (χ2v) is 4.06. The van der Waals surface area contributed by atoms with Gasteiger partial charge in [0.1, 0.15) is 5.92 Å². The monoisotopic (exact) mass is 275 g/mol. The van der Waals surface area contributed by atoms with Crippen LogP contribution in [0, 0.1) is 28.8 Å². The van der Waals surface area contributed by atoms with Gasteiger partial charge in [0.2, 0.25) is 0 Å². The van der Waals surface area contributed by atoms with Crippen molar-refractivity contribution in [2.24, 2.45) is 0 Å². The Hall–Kier alpha value is -2.61. The predicted molar refractivity (Wildman–Crippen MR) is 65.4 cm³/mol. The van der Waals surface area contributed by atoms with Gasteiger partial charge in [-0.25, -0.2) is 13.2 Å². The molecule has 0 amide bonds. The van der Waals surface area contributed by atoms with Crippen LogP contribution in [-0.4, -0.2) is 5.78 Å². The van der Waals surface area contributed by atoms with Crippen molar-refractivity contribution in [3.63, 3.8) is 0 Å². The number of carbonyl (C=O) groups is 1. The number of hydrogen-bond acceptors (Lipinski definition) is 2. The number of nitriles is 1. The van der Waals surface area contributed by atoms with Crippen LogP contribution in [0.25, 0.3) is 0 Å². The maximum atomic E-state index is 13.6. The Bertz CT molecular complexity index is 692. The van der Waals surface area contributed by atoms with E-state index >= 15 is 0 Å². The highest BCUT2D eigenvalue weighted by molar-refractivity contribution is 6.03. The normalized spacial score (nSPS) is 11.7. The fraction of sp³-hybridized carbons (Fsp3) is 0.0667. The van der Waals surface area contributed by atoms with Crippen molar-refractivity contribution in [1.29, 1.82) is 5.26 Å². The van der Waals surface area contributed by atoms with Gasteiger partial charge in [-0.3, -0.25) is 4.79 Å². The highest BCUT2D eigenvalue weighted by Gasteiger charge is 2.26. The minimum absolute atomic E-state index is 0.365. The summed E-state index contributed by atoms with van der Waals surface area (Å²) >= 11 is 0. The highest BCUT2D eigenvalue weighted by Crippen LogP contribution is 2.23. The molecule has 1 atom stereocenters. The number of rotatable bonds is 3. The first-order chi connectivity index (χ1) is 9.56. The van der Waals surface area contributed by atoms with E-state index in [1.807, 2.05) is 0 Å². The molecule has 0 radical (unpaired) electrons. The number of benzene rings is 2. The molecule has 20 heavy (non-hydrogen) atoms. The van der Waals surface area contributed by atoms with E-state index < -0.39 is 34.7 Å². The lowest BCUT2D eigenvalue weighted by Gasteiger charge is -2.09. The molecule has 0 aromatic heterocycles. The first-order valence-corrected chi connectivity index (χ1v) is 5.68. The third kappa shape index (κ3) is 2.41. The van der Waals surface area contributed by atoms with Gasteiger partial charge in [-0.05, 0) is 17.7 Å². The summed E-state index contributed by atoms with van der Waals surface area (Å²) in [6, 6.07) is 11.2. The van der Waals surface area contributed by atoms with E-state index in [-0.39, 0.29) is 0 Å². The van der Waals surface area contributed by atoms with Gasteiger partial charge in [-0.1, -0.05) is 30.3 Å². The molecule has 1 unspecified atom stereocenters.